The van der Waals surface area contributed by atoms with Crippen molar-refractivity contribution < 1.29 is 24.2 Å². The van der Waals surface area contributed by atoms with E-state index in [1.54, 1.807) is 32.8 Å². The number of carbonyl (C=O) groups is 2. The lowest BCUT2D eigenvalue weighted by Crippen LogP contribution is -2.64. The Labute approximate surface area is 183 Å². The minimum absolute atomic E-state index is 0.239. The predicted octanol–water partition coefficient (Wildman–Crippen LogP) is 3.20. The van der Waals surface area contributed by atoms with E-state index in [4.69, 9.17) is 9.47 Å². The summed E-state index contributed by atoms with van der Waals surface area (Å²) >= 11 is 0. The maximum absolute atomic E-state index is 13.1. The van der Waals surface area contributed by atoms with Crippen molar-refractivity contribution in [2.45, 2.75) is 51.6 Å². The first kappa shape index (κ1) is 22.6. The summed E-state index contributed by atoms with van der Waals surface area (Å²) in [5, 5.41) is 11.1. The molecule has 0 aliphatic carbocycles. The second kappa shape index (κ2) is 9.39. The fourth-order valence-electron chi connectivity index (χ4n) is 3.62. The highest BCUT2D eigenvalue weighted by Crippen LogP contribution is 2.26. The number of aliphatic hydroxyl groups is 1. The number of amides is 2. The minimum Gasteiger partial charge on any atom is -0.497 e. The molecule has 1 aliphatic heterocycles. The molecule has 2 amide bonds. The lowest BCUT2D eigenvalue weighted by atomic mass is 9.99. The predicted molar refractivity (Wildman–Crippen MR) is 116 cm³/mol. The molecule has 7 heteroatoms. The molecule has 0 radical (unpaired) electrons. The smallest absolute Gasteiger partial charge is 0.412 e. The largest absolute Gasteiger partial charge is 0.497 e. The SMILES string of the molecule is COc1cccc(CC2C(O)N(C(=O)OC(C)(C)C)CC(=O)N2Cc2ccccc2)c1. The summed E-state index contributed by atoms with van der Waals surface area (Å²) in [6.45, 7) is 5.35. The molecule has 1 N–H and O–H groups in total. The minimum atomic E-state index is -1.21. The van der Waals surface area contributed by atoms with Crippen molar-refractivity contribution in [3.8, 4) is 5.75 Å². The number of carbonyl (C=O) groups excluding carboxylic acids is 2. The number of methoxy groups -OCH3 is 1. The van der Waals surface area contributed by atoms with E-state index < -0.39 is 24.0 Å². The molecule has 3 rings (SSSR count). The van der Waals surface area contributed by atoms with E-state index in [0.717, 1.165) is 16.0 Å². The number of ether oxygens (including phenoxy) is 2. The quantitative estimate of drug-likeness (QED) is 0.794. The molecule has 2 unspecified atom stereocenters. The zero-order valence-electron chi connectivity index (χ0n) is 18.4. The van der Waals surface area contributed by atoms with Gasteiger partial charge in [-0.3, -0.25) is 9.69 Å². The molecule has 7 nitrogen and oxygen atoms in total. The molecule has 0 bridgehead atoms. The second-order valence-corrected chi connectivity index (χ2v) is 8.65. The molecular formula is C24H30N2O5. The zero-order chi connectivity index (χ0) is 22.6. The fourth-order valence-corrected chi connectivity index (χ4v) is 3.62. The number of rotatable bonds is 5. The summed E-state index contributed by atoms with van der Waals surface area (Å²) in [4.78, 5) is 28.5. The van der Waals surface area contributed by atoms with Crippen LogP contribution in [0.2, 0.25) is 0 Å². The third-order valence-electron chi connectivity index (χ3n) is 5.09. The van der Waals surface area contributed by atoms with Crippen molar-refractivity contribution in [1.29, 1.82) is 0 Å². The molecule has 1 aliphatic rings. The average molecular weight is 427 g/mol. The van der Waals surface area contributed by atoms with Crippen molar-refractivity contribution in [2.75, 3.05) is 13.7 Å². The summed E-state index contributed by atoms with van der Waals surface area (Å²) in [5.41, 5.74) is 1.10. The molecule has 1 heterocycles. The van der Waals surface area contributed by atoms with Gasteiger partial charge in [-0.2, -0.15) is 0 Å². The van der Waals surface area contributed by atoms with Crippen LogP contribution in [0, 0.1) is 0 Å². The van der Waals surface area contributed by atoms with Crippen molar-refractivity contribution in [2.24, 2.45) is 0 Å². The van der Waals surface area contributed by atoms with Gasteiger partial charge < -0.3 is 19.5 Å². The molecule has 2 aromatic carbocycles. The van der Waals surface area contributed by atoms with Gasteiger partial charge in [-0.1, -0.05) is 42.5 Å². The van der Waals surface area contributed by atoms with Crippen molar-refractivity contribution >= 4 is 12.0 Å². The summed E-state index contributed by atoms with van der Waals surface area (Å²) in [6, 6.07) is 16.4. The van der Waals surface area contributed by atoms with Crippen molar-refractivity contribution in [1.82, 2.24) is 9.80 Å². The number of benzene rings is 2. The van der Waals surface area contributed by atoms with Crippen LogP contribution in [0.15, 0.2) is 54.6 Å². The molecule has 1 saturated heterocycles. The lowest BCUT2D eigenvalue weighted by Gasteiger charge is -2.45. The number of aliphatic hydroxyl groups excluding tert-OH is 1. The van der Waals surface area contributed by atoms with E-state index >= 15 is 0 Å². The van der Waals surface area contributed by atoms with Gasteiger partial charge in [0.2, 0.25) is 5.91 Å². The van der Waals surface area contributed by atoms with E-state index in [2.05, 4.69) is 0 Å². The van der Waals surface area contributed by atoms with Gasteiger partial charge in [-0.15, -0.1) is 0 Å². The van der Waals surface area contributed by atoms with Crippen LogP contribution in [0.5, 0.6) is 5.75 Å². The highest BCUT2D eigenvalue weighted by Gasteiger charge is 2.43. The van der Waals surface area contributed by atoms with Gasteiger partial charge in [0.25, 0.3) is 0 Å². The highest BCUT2D eigenvalue weighted by molar-refractivity contribution is 5.84. The summed E-state index contributed by atoms with van der Waals surface area (Å²) < 4.78 is 10.7. The van der Waals surface area contributed by atoms with E-state index in [-0.39, 0.29) is 12.5 Å². The maximum Gasteiger partial charge on any atom is 0.412 e. The maximum atomic E-state index is 13.1. The monoisotopic (exact) mass is 426 g/mol. The van der Waals surface area contributed by atoms with E-state index in [1.807, 2.05) is 54.6 Å². The van der Waals surface area contributed by atoms with Gasteiger partial charge in [0.15, 0.2) is 6.23 Å². The molecule has 1 fully saturated rings. The summed E-state index contributed by atoms with van der Waals surface area (Å²) in [6.07, 6.45) is -1.55. The van der Waals surface area contributed by atoms with Crippen LogP contribution < -0.4 is 4.74 Å². The van der Waals surface area contributed by atoms with Gasteiger partial charge in [-0.25, -0.2) is 4.79 Å². The molecule has 2 atom stereocenters. The first-order chi connectivity index (χ1) is 14.7. The first-order valence-corrected chi connectivity index (χ1v) is 10.3. The van der Waals surface area contributed by atoms with Crippen molar-refractivity contribution in [3.63, 3.8) is 0 Å². The lowest BCUT2D eigenvalue weighted by molar-refractivity contribution is -0.157. The van der Waals surface area contributed by atoms with Gasteiger partial charge >= 0.3 is 6.09 Å². The Morgan fingerprint density at radius 2 is 1.77 bits per heavy atom. The Morgan fingerprint density at radius 1 is 1.10 bits per heavy atom. The third-order valence-corrected chi connectivity index (χ3v) is 5.09. The van der Waals surface area contributed by atoms with Gasteiger partial charge in [0.05, 0.1) is 13.2 Å². The number of piperazine rings is 1. The number of hydrogen-bond acceptors (Lipinski definition) is 5. The number of nitrogens with zero attached hydrogens (tertiary/aromatic N) is 2. The Balaban J connectivity index is 1.90. The third kappa shape index (κ3) is 5.76. The zero-order valence-corrected chi connectivity index (χ0v) is 18.4. The molecule has 2 aromatic rings. The summed E-state index contributed by atoms with van der Waals surface area (Å²) in [5.74, 6) is 0.445. The average Bonchev–Trinajstić information content (AvgIpc) is 2.72. The Hall–Kier alpha value is -3.06. The Kier molecular flexibility index (Phi) is 6.85. The second-order valence-electron chi connectivity index (χ2n) is 8.65. The summed E-state index contributed by atoms with van der Waals surface area (Å²) in [7, 11) is 1.59. The van der Waals surface area contributed by atoms with Crippen molar-refractivity contribution in [3.05, 3.63) is 65.7 Å². The van der Waals surface area contributed by atoms with E-state index in [1.165, 1.54) is 0 Å². The highest BCUT2D eigenvalue weighted by atomic mass is 16.6. The molecule has 166 valence electrons. The van der Waals surface area contributed by atoms with Gasteiger partial charge in [0, 0.05) is 6.54 Å². The molecule has 0 spiro atoms. The van der Waals surface area contributed by atoms with Crippen LogP contribution in [0.3, 0.4) is 0 Å². The first-order valence-electron chi connectivity index (χ1n) is 10.3. The van der Waals surface area contributed by atoms with Crippen LogP contribution in [-0.4, -0.2) is 58.4 Å². The molecule has 31 heavy (non-hydrogen) atoms. The van der Waals surface area contributed by atoms with E-state index in [9.17, 15) is 14.7 Å². The van der Waals surface area contributed by atoms with Crippen LogP contribution in [0.1, 0.15) is 31.9 Å². The fraction of sp³-hybridized carbons (Fsp3) is 0.417. The molecular weight excluding hydrogens is 396 g/mol. The Bertz CT molecular complexity index is 910. The van der Waals surface area contributed by atoms with E-state index in [0.29, 0.717) is 18.7 Å². The standard InChI is InChI=1S/C24H30N2O5/c1-24(2,3)31-23(29)26-16-21(27)25(15-17-9-6-5-7-10-17)20(22(26)28)14-18-11-8-12-19(13-18)30-4/h5-13,20,22,28H,14-16H2,1-4H3. The van der Waals surface area contributed by atoms with Crippen LogP contribution in [0.4, 0.5) is 4.79 Å². The topological polar surface area (TPSA) is 79.3 Å². The van der Waals surface area contributed by atoms with Crippen LogP contribution in [-0.2, 0) is 22.5 Å². The number of hydrogen-bond donors (Lipinski definition) is 1. The normalized spacial score (nSPS) is 19.3. The van der Waals surface area contributed by atoms with Crippen LogP contribution >= 0.6 is 0 Å². The van der Waals surface area contributed by atoms with Crippen LogP contribution in [0.25, 0.3) is 0 Å². The van der Waals surface area contributed by atoms with Gasteiger partial charge in [-0.05, 0) is 50.5 Å². The van der Waals surface area contributed by atoms with Gasteiger partial charge in [0.1, 0.15) is 17.9 Å². The Morgan fingerprint density at radius 3 is 2.42 bits per heavy atom. The molecule has 0 aromatic heterocycles. The molecule has 0 saturated carbocycles.